The third kappa shape index (κ3) is 11.2. The van der Waals surface area contributed by atoms with E-state index in [0.717, 1.165) is 56.9 Å². The maximum absolute atomic E-state index is 11.4. The molecule has 0 aliphatic heterocycles. The van der Waals surface area contributed by atoms with Gasteiger partial charge in [0.2, 0.25) is 5.75 Å². The summed E-state index contributed by atoms with van der Waals surface area (Å²) in [5, 5.41) is 32.9. The minimum Gasteiger partial charge on any atom is -0.504 e. The van der Waals surface area contributed by atoms with E-state index in [4.69, 9.17) is 4.74 Å². The molecule has 0 fully saturated rings. The van der Waals surface area contributed by atoms with Gasteiger partial charge in [-0.1, -0.05) is 84.7 Å². The minimum absolute atomic E-state index is 0.0151. The number of aromatic hydroxyl groups is 3. The molecule has 0 radical (unpaired) electrons. The van der Waals surface area contributed by atoms with Crippen molar-refractivity contribution in [2.75, 3.05) is 0 Å². The molecule has 0 aliphatic carbocycles. The highest BCUT2D eigenvalue weighted by atomic mass is 16.5. The van der Waals surface area contributed by atoms with E-state index in [-0.39, 0.29) is 28.7 Å². The van der Waals surface area contributed by atoms with Crippen LogP contribution in [0.1, 0.15) is 118 Å². The van der Waals surface area contributed by atoms with E-state index in [1.54, 1.807) is 18.2 Å². The predicted octanol–water partition coefficient (Wildman–Crippen LogP) is 12.4. The van der Waals surface area contributed by atoms with E-state index in [0.29, 0.717) is 5.56 Å². The molecule has 0 bridgehead atoms. The summed E-state index contributed by atoms with van der Waals surface area (Å²) >= 11 is 0. The molecule has 0 heterocycles. The molecule has 0 amide bonds. The van der Waals surface area contributed by atoms with E-state index in [2.05, 4.69) is 92.9 Å². The van der Waals surface area contributed by atoms with Crippen molar-refractivity contribution in [2.24, 2.45) is 0 Å². The second-order valence-electron chi connectivity index (χ2n) is 13.7. The first-order chi connectivity index (χ1) is 21.7. The Morgan fingerprint density at radius 3 is 1.70 bits per heavy atom. The fourth-order valence-corrected chi connectivity index (χ4v) is 5.51. The Morgan fingerprint density at radius 2 is 1.20 bits per heavy atom. The number of ether oxygens (including phenoxy) is 1. The molecule has 2 atom stereocenters. The zero-order chi connectivity index (χ0) is 34.5. The number of para-hydroxylation sites is 1. The van der Waals surface area contributed by atoms with E-state index in [1.807, 2.05) is 24.3 Å². The third-order valence-corrected chi connectivity index (χ3v) is 8.95. The van der Waals surface area contributed by atoms with Gasteiger partial charge < -0.3 is 20.1 Å². The second kappa shape index (κ2) is 17.7. The summed E-state index contributed by atoms with van der Waals surface area (Å²) in [6.07, 6.45) is 20.1. The second-order valence-corrected chi connectivity index (χ2v) is 13.7. The van der Waals surface area contributed by atoms with E-state index in [1.165, 1.54) is 22.3 Å². The number of rotatable bonds is 18. The first-order valence-corrected chi connectivity index (χ1v) is 16.6. The van der Waals surface area contributed by atoms with Crippen LogP contribution in [0.3, 0.4) is 0 Å². The Hall–Kier alpha value is -3.92. The average molecular weight is 627 g/mol. The number of benzene rings is 2. The lowest BCUT2D eigenvalue weighted by molar-refractivity contribution is 0.356. The summed E-state index contributed by atoms with van der Waals surface area (Å²) in [7, 11) is 0. The van der Waals surface area contributed by atoms with Gasteiger partial charge in [0.05, 0.1) is 0 Å². The fourth-order valence-electron chi connectivity index (χ4n) is 5.51. The molecule has 2 aromatic rings. The molecule has 3 N–H and O–H groups in total. The maximum Gasteiger partial charge on any atom is 0.201 e. The molecule has 4 nitrogen and oxygen atoms in total. The van der Waals surface area contributed by atoms with Crippen molar-refractivity contribution >= 4 is 0 Å². The van der Waals surface area contributed by atoms with E-state index >= 15 is 0 Å². The van der Waals surface area contributed by atoms with Crippen LogP contribution in [0, 0.1) is 0 Å². The van der Waals surface area contributed by atoms with Crippen molar-refractivity contribution in [3.05, 3.63) is 113 Å². The standard InChI is InChI=1S/C42H58O4/c1-11-41(9,26-16-22-32(7)20-13-18-30(3)4)34-28-36(43)40(45)38(29-34)46-37-25-15-24-35(39(37)44)42(10,12-2)27-17-23-33(8)21-14-19-31(5)6/h11-12,15,18-19,22-25,28-29,43-45H,1-2,13-14,16-17,20-21,26-27H2,3-10H3. The number of hydrogen-bond donors (Lipinski definition) is 3. The van der Waals surface area contributed by atoms with Crippen LogP contribution in [0.5, 0.6) is 28.7 Å². The largest absolute Gasteiger partial charge is 0.504 e. The summed E-state index contributed by atoms with van der Waals surface area (Å²) in [5.74, 6) is -0.415. The molecular weight excluding hydrogens is 568 g/mol. The van der Waals surface area contributed by atoms with Crippen LogP contribution in [0.25, 0.3) is 0 Å². The lowest BCUT2D eigenvalue weighted by Crippen LogP contribution is -2.19. The Morgan fingerprint density at radius 1 is 0.674 bits per heavy atom. The van der Waals surface area contributed by atoms with Crippen molar-refractivity contribution in [1.82, 2.24) is 0 Å². The van der Waals surface area contributed by atoms with Crippen LogP contribution in [0.15, 0.2) is 102 Å². The molecule has 0 spiro atoms. The first kappa shape index (κ1) is 38.3. The van der Waals surface area contributed by atoms with Crippen LogP contribution in [-0.2, 0) is 10.8 Å². The Balaban J connectivity index is 2.30. The quantitative estimate of drug-likeness (QED) is 0.114. The van der Waals surface area contributed by atoms with Crippen molar-refractivity contribution in [3.63, 3.8) is 0 Å². The molecule has 2 unspecified atom stereocenters. The Labute approximate surface area is 279 Å². The van der Waals surface area contributed by atoms with Gasteiger partial charge in [-0.3, -0.25) is 0 Å². The van der Waals surface area contributed by atoms with Crippen molar-refractivity contribution < 1.29 is 20.1 Å². The van der Waals surface area contributed by atoms with Crippen LogP contribution in [0.4, 0.5) is 0 Å². The number of hydrogen-bond acceptors (Lipinski definition) is 4. The lowest BCUT2D eigenvalue weighted by Gasteiger charge is -2.28. The van der Waals surface area contributed by atoms with Crippen LogP contribution in [0.2, 0.25) is 0 Å². The van der Waals surface area contributed by atoms with Crippen molar-refractivity contribution in [3.8, 4) is 28.7 Å². The summed E-state index contributed by atoms with van der Waals surface area (Å²) in [6, 6.07) is 8.66. The van der Waals surface area contributed by atoms with E-state index < -0.39 is 10.8 Å². The predicted molar refractivity (Wildman–Crippen MR) is 196 cm³/mol. The smallest absolute Gasteiger partial charge is 0.201 e. The number of allylic oxidation sites excluding steroid dienone is 10. The molecule has 0 saturated carbocycles. The van der Waals surface area contributed by atoms with Gasteiger partial charge in [-0.25, -0.2) is 0 Å². The topological polar surface area (TPSA) is 69.9 Å². The maximum atomic E-state index is 11.4. The van der Waals surface area contributed by atoms with Gasteiger partial charge in [0, 0.05) is 16.4 Å². The van der Waals surface area contributed by atoms with Gasteiger partial charge >= 0.3 is 0 Å². The highest BCUT2D eigenvalue weighted by molar-refractivity contribution is 5.58. The van der Waals surface area contributed by atoms with Gasteiger partial charge in [0.15, 0.2) is 23.0 Å². The van der Waals surface area contributed by atoms with Crippen LogP contribution in [-0.4, -0.2) is 15.3 Å². The molecule has 0 saturated heterocycles. The summed E-state index contributed by atoms with van der Waals surface area (Å²) in [6.45, 7) is 25.1. The first-order valence-electron chi connectivity index (χ1n) is 16.6. The summed E-state index contributed by atoms with van der Waals surface area (Å²) < 4.78 is 6.13. The highest BCUT2D eigenvalue weighted by Crippen LogP contribution is 2.47. The molecule has 2 aromatic carbocycles. The van der Waals surface area contributed by atoms with Crippen LogP contribution < -0.4 is 4.74 Å². The molecule has 4 heteroatoms. The molecule has 46 heavy (non-hydrogen) atoms. The monoisotopic (exact) mass is 626 g/mol. The van der Waals surface area contributed by atoms with Gasteiger partial charge in [-0.05, 0) is 117 Å². The molecule has 250 valence electrons. The summed E-state index contributed by atoms with van der Waals surface area (Å²) in [4.78, 5) is 0. The number of phenolic OH excluding ortho intramolecular Hbond substituents is 3. The molecule has 2 rings (SSSR count). The van der Waals surface area contributed by atoms with E-state index in [9.17, 15) is 15.3 Å². The van der Waals surface area contributed by atoms with Crippen molar-refractivity contribution in [1.29, 1.82) is 0 Å². The normalized spacial score (nSPS) is 14.5. The number of phenols is 3. The minimum atomic E-state index is -0.509. The highest BCUT2D eigenvalue weighted by Gasteiger charge is 2.29. The zero-order valence-corrected chi connectivity index (χ0v) is 29.7. The fraction of sp³-hybridized carbons (Fsp3) is 0.429. The van der Waals surface area contributed by atoms with Gasteiger partial charge in [-0.2, -0.15) is 0 Å². The van der Waals surface area contributed by atoms with Crippen molar-refractivity contribution in [2.45, 2.75) is 118 Å². The van der Waals surface area contributed by atoms with Gasteiger partial charge in [-0.15, -0.1) is 13.2 Å². The average Bonchev–Trinajstić information content (AvgIpc) is 2.99. The third-order valence-electron chi connectivity index (χ3n) is 8.95. The lowest BCUT2D eigenvalue weighted by atomic mass is 9.78. The van der Waals surface area contributed by atoms with Gasteiger partial charge in [0.1, 0.15) is 0 Å². The molecule has 0 aromatic heterocycles. The SMILES string of the molecule is C=CC(C)(CCC=C(C)CCC=C(C)C)c1cc(O)c(O)c(Oc2cccc(C(C)(C=C)CCC=C(C)CCC=C(C)C)c2O)c1. The summed E-state index contributed by atoms with van der Waals surface area (Å²) in [5.41, 5.74) is 5.81. The zero-order valence-electron chi connectivity index (χ0n) is 29.7. The Bertz CT molecular complexity index is 1460. The Kier molecular flexibility index (Phi) is 14.7. The van der Waals surface area contributed by atoms with Crippen LogP contribution >= 0.6 is 0 Å². The van der Waals surface area contributed by atoms with Gasteiger partial charge in [0.25, 0.3) is 0 Å². The molecular formula is C42H58O4. The molecule has 0 aliphatic rings.